The molecule has 0 fully saturated rings. The summed E-state index contributed by atoms with van der Waals surface area (Å²) in [5.74, 6) is 0.0464. The number of halogens is 1. The van der Waals surface area contributed by atoms with E-state index in [1.807, 2.05) is 0 Å². The number of alkyl carbamates (subject to hydrolysis) is 1. The molecule has 2 rings (SSSR count). The molecule has 0 aliphatic rings. The van der Waals surface area contributed by atoms with Crippen LogP contribution in [0.15, 0.2) is 48.5 Å². The lowest BCUT2D eigenvalue weighted by Gasteiger charge is -2.10. The smallest absolute Gasteiger partial charge is 0.407 e. The molecule has 0 heterocycles. The second kappa shape index (κ2) is 10.0. The van der Waals surface area contributed by atoms with E-state index in [-0.39, 0.29) is 31.3 Å². The molecule has 0 spiro atoms. The van der Waals surface area contributed by atoms with E-state index in [0.29, 0.717) is 18.0 Å². The summed E-state index contributed by atoms with van der Waals surface area (Å²) < 4.78 is 23.2. The van der Waals surface area contributed by atoms with Gasteiger partial charge in [0, 0.05) is 24.7 Å². The molecule has 138 valence electrons. The average Bonchev–Trinajstić information content (AvgIpc) is 2.62. The van der Waals surface area contributed by atoms with E-state index in [9.17, 15) is 14.0 Å². The summed E-state index contributed by atoms with van der Waals surface area (Å²) in [5, 5.41) is 5.21. The molecule has 0 unspecified atom stereocenters. The van der Waals surface area contributed by atoms with E-state index in [0.717, 1.165) is 5.56 Å². The number of benzene rings is 2. The molecular weight excluding hydrogens is 339 g/mol. The Morgan fingerprint density at radius 1 is 1.12 bits per heavy atom. The van der Waals surface area contributed by atoms with Gasteiger partial charge in [-0.1, -0.05) is 18.2 Å². The average molecular weight is 360 g/mol. The van der Waals surface area contributed by atoms with Gasteiger partial charge >= 0.3 is 6.09 Å². The minimum absolute atomic E-state index is 0.124. The van der Waals surface area contributed by atoms with Gasteiger partial charge in [0.05, 0.1) is 6.61 Å². The van der Waals surface area contributed by atoms with E-state index in [1.54, 1.807) is 43.3 Å². The van der Waals surface area contributed by atoms with Crippen molar-refractivity contribution in [1.82, 2.24) is 5.32 Å². The monoisotopic (exact) mass is 360 g/mol. The standard InChI is InChI=1S/C19H21FN2O4/c1-2-25-19(24)21-11-10-18(23)22-16-4-3-5-17(12-16)26-13-14-6-8-15(20)9-7-14/h3-9,12H,2,10-11,13H2,1H3,(H,21,24)(H,22,23). The molecule has 0 bridgehead atoms. The first-order valence-corrected chi connectivity index (χ1v) is 8.24. The van der Waals surface area contributed by atoms with Gasteiger partial charge in [0.25, 0.3) is 0 Å². The first kappa shape index (κ1) is 19.2. The molecule has 2 aromatic rings. The zero-order chi connectivity index (χ0) is 18.8. The topological polar surface area (TPSA) is 76.7 Å². The molecule has 0 atom stereocenters. The highest BCUT2D eigenvalue weighted by Gasteiger charge is 2.06. The number of hydrogen-bond donors (Lipinski definition) is 2. The van der Waals surface area contributed by atoms with Crippen molar-refractivity contribution in [2.24, 2.45) is 0 Å². The molecule has 2 amide bonds. The number of anilines is 1. The molecule has 0 saturated carbocycles. The van der Waals surface area contributed by atoms with Crippen LogP contribution in [0.1, 0.15) is 18.9 Å². The molecule has 6 nitrogen and oxygen atoms in total. The van der Waals surface area contributed by atoms with Crippen LogP contribution >= 0.6 is 0 Å². The summed E-state index contributed by atoms with van der Waals surface area (Å²) in [7, 11) is 0. The third-order valence-corrected chi connectivity index (χ3v) is 3.33. The Kier molecular flexibility index (Phi) is 7.42. The number of amides is 2. The van der Waals surface area contributed by atoms with E-state index in [4.69, 9.17) is 9.47 Å². The van der Waals surface area contributed by atoms with Crippen molar-refractivity contribution < 1.29 is 23.5 Å². The van der Waals surface area contributed by atoms with Crippen molar-refractivity contribution >= 4 is 17.7 Å². The predicted molar refractivity (Wildman–Crippen MR) is 95.4 cm³/mol. The van der Waals surface area contributed by atoms with Gasteiger partial charge in [-0.15, -0.1) is 0 Å². The van der Waals surface area contributed by atoms with Crippen LogP contribution in [-0.2, 0) is 16.1 Å². The Bertz CT molecular complexity index is 735. The maximum atomic E-state index is 12.9. The van der Waals surface area contributed by atoms with E-state index in [1.165, 1.54) is 12.1 Å². The highest BCUT2D eigenvalue weighted by molar-refractivity contribution is 5.91. The fraction of sp³-hybridized carbons (Fsp3) is 0.263. The van der Waals surface area contributed by atoms with Crippen LogP contribution in [0, 0.1) is 5.82 Å². The largest absolute Gasteiger partial charge is 0.489 e. The van der Waals surface area contributed by atoms with Crippen LogP contribution in [0.2, 0.25) is 0 Å². The quantitative estimate of drug-likeness (QED) is 0.756. The van der Waals surface area contributed by atoms with Gasteiger partial charge in [-0.25, -0.2) is 9.18 Å². The Morgan fingerprint density at radius 3 is 2.62 bits per heavy atom. The molecule has 2 N–H and O–H groups in total. The molecular formula is C19H21FN2O4. The van der Waals surface area contributed by atoms with Gasteiger partial charge in [0.15, 0.2) is 0 Å². The Labute approximate surface area is 151 Å². The number of ether oxygens (including phenoxy) is 2. The van der Waals surface area contributed by atoms with Crippen LogP contribution in [-0.4, -0.2) is 25.2 Å². The molecule has 0 radical (unpaired) electrons. The zero-order valence-electron chi connectivity index (χ0n) is 14.5. The van der Waals surface area contributed by atoms with Crippen molar-refractivity contribution in [2.75, 3.05) is 18.5 Å². The van der Waals surface area contributed by atoms with Crippen LogP contribution in [0.3, 0.4) is 0 Å². The Hall–Kier alpha value is -3.09. The Morgan fingerprint density at radius 2 is 1.88 bits per heavy atom. The Balaban J connectivity index is 1.79. The van der Waals surface area contributed by atoms with Gasteiger partial charge in [0.2, 0.25) is 5.91 Å². The molecule has 0 saturated heterocycles. The lowest BCUT2D eigenvalue weighted by Crippen LogP contribution is -2.28. The number of nitrogens with one attached hydrogen (secondary N) is 2. The summed E-state index contributed by atoms with van der Waals surface area (Å²) in [4.78, 5) is 23.0. The minimum Gasteiger partial charge on any atom is -0.489 e. The van der Waals surface area contributed by atoms with Crippen molar-refractivity contribution in [1.29, 1.82) is 0 Å². The van der Waals surface area contributed by atoms with Gasteiger partial charge < -0.3 is 20.1 Å². The van der Waals surface area contributed by atoms with Gasteiger partial charge in [-0.2, -0.15) is 0 Å². The summed E-state index contributed by atoms with van der Waals surface area (Å²) in [6, 6.07) is 13.0. The van der Waals surface area contributed by atoms with Gasteiger partial charge in [0.1, 0.15) is 18.2 Å². The highest BCUT2D eigenvalue weighted by Crippen LogP contribution is 2.19. The summed E-state index contributed by atoms with van der Waals surface area (Å²) in [6.07, 6.45) is -0.420. The minimum atomic E-state index is -0.545. The normalized spacial score (nSPS) is 10.1. The molecule has 2 aromatic carbocycles. The third kappa shape index (κ3) is 6.80. The third-order valence-electron chi connectivity index (χ3n) is 3.33. The molecule has 7 heteroatoms. The molecule has 26 heavy (non-hydrogen) atoms. The van der Waals surface area contributed by atoms with Gasteiger partial charge in [-0.3, -0.25) is 4.79 Å². The summed E-state index contributed by atoms with van der Waals surface area (Å²) >= 11 is 0. The summed E-state index contributed by atoms with van der Waals surface area (Å²) in [6.45, 7) is 2.47. The van der Waals surface area contributed by atoms with Crippen LogP contribution < -0.4 is 15.4 Å². The highest BCUT2D eigenvalue weighted by atomic mass is 19.1. The van der Waals surface area contributed by atoms with Crippen molar-refractivity contribution in [3.63, 3.8) is 0 Å². The van der Waals surface area contributed by atoms with Gasteiger partial charge in [-0.05, 0) is 36.8 Å². The summed E-state index contributed by atoms with van der Waals surface area (Å²) in [5.41, 5.74) is 1.42. The molecule has 0 aliphatic heterocycles. The molecule has 0 aliphatic carbocycles. The predicted octanol–water partition coefficient (Wildman–Crippen LogP) is 3.48. The van der Waals surface area contributed by atoms with E-state index < -0.39 is 6.09 Å². The van der Waals surface area contributed by atoms with E-state index in [2.05, 4.69) is 10.6 Å². The second-order valence-electron chi connectivity index (χ2n) is 5.39. The van der Waals surface area contributed by atoms with Crippen LogP contribution in [0.4, 0.5) is 14.9 Å². The lowest BCUT2D eigenvalue weighted by molar-refractivity contribution is -0.116. The number of carbonyl (C=O) groups excluding carboxylic acids is 2. The van der Waals surface area contributed by atoms with E-state index >= 15 is 0 Å². The number of rotatable bonds is 8. The number of hydrogen-bond acceptors (Lipinski definition) is 4. The first-order valence-electron chi connectivity index (χ1n) is 8.24. The fourth-order valence-corrected chi connectivity index (χ4v) is 2.09. The lowest BCUT2D eigenvalue weighted by atomic mass is 10.2. The van der Waals surface area contributed by atoms with Crippen molar-refractivity contribution in [3.8, 4) is 5.75 Å². The SMILES string of the molecule is CCOC(=O)NCCC(=O)Nc1cccc(OCc2ccc(F)cc2)c1. The van der Waals surface area contributed by atoms with Crippen molar-refractivity contribution in [2.45, 2.75) is 20.0 Å². The fourth-order valence-electron chi connectivity index (χ4n) is 2.09. The van der Waals surface area contributed by atoms with Crippen LogP contribution in [0.25, 0.3) is 0 Å². The first-order chi connectivity index (χ1) is 12.6. The maximum Gasteiger partial charge on any atom is 0.407 e. The van der Waals surface area contributed by atoms with Crippen LogP contribution in [0.5, 0.6) is 5.75 Å². The molecule has 0 aromatic heterocycles. The number of carbonyl (C=O) groups is 2. The zero-order valence-corrected chi connectivity index (χ0v) is 14.5. The maximum absolute atomic E-state index is 12.9. The second-order valence-corrected chi connectivity index (χ2v) is 5.39. The van der Waals surface area contributed by atoms with Crippen molar-refractivity contribution in [3.05, 3.63) is 59.9 Å².